The average Bonchev–Trinajstić information content (AvgIpc) is 3.35. The number of carbonyl (C=O) groups excluding carboxylic acids is 1. The van der Waals surface area contributed by atoms with Gasteiger partial charge < -0.3 is 19.4 Å². The van der Waals surface area contributed by atoms with Gasteiger partial charge in [0, 0.05) is 42.4 Å². The third-order valence-corrected chi connectivity index (χ3v) is 6.96. The monoisotopic (exact) mass is 441 g/mol. The largest absolute Gasteiger partial charge is 0.495 e. The number of hydrogen-bond acceptors (Lipinski definition) is 5. The standard InChI is InChI=1S/C22H23N3O5S/c1-29-20-9-6-18(16-21(20)31(27,28)25-12-14-30-15-13-25)23-22(26)17-4-7-19(8-5-17)24-10-2-3-11-24/h2-11,16H,12-15H2,1H3,(H,23,26). The maximum atomic E-state index is 13.1. The van der Waals surface area contributed by atoms with Gasteiger partial charge in [-0.1, -0.05) is 0 Å². The number of benzene rings is 2. The zero-order chi connectivity index (χ0) is 21.8. The highest BCUT2D eigenvalue weighted by atomic mass is 32.2. The lowest BCUT2D eigenvalue weighted by molar-refractivity contribution is 0.0729. The molecule has 0 unspecified atom stereocenters. The molecule has 0 aliphatic carbocycles. The lowest BCUT2D eigenvalue weighted by Gasteiger charge is -2.26. The zero-order valence-corrected chi connectivity index (χ0v) is 17.8. The van der Waals surface area contributed by atoms with Crippen molar-refractivity contribution in [1.29, 1.82) is 0 Å². The molecular weight excluding hydrogens is 418 g/mol. The van der Waals surface area contributed by atoms with Crippen LogP contribution in [0.5, 0.6) is 5.75 Å². The fraction of sp³-hybridized carbons (Fsp3) is 0.227. The summed E-state index contributed by atoms with van der Waals surface area (Å²) in [5, 5.41) is 2.77. The van der Waals surface area contributed by atoms with Crippen LogP contribution in [0.25, 0.3) is 5.69 Å². The molecule has 0 atom stereocenters. The van der Waals surface area contributed by atoms with Crippen molar-refractivity contribution in [3.05, 3.63) is 72.6 Å². The first-order valence-corrected chi connectivity index (χ1v) is 11.2. The molecule has 0 radical (unpaired) electrons. The van der Waals surface area contributed by atoms with E-state index in [-0.39, 0.29) is 29.6 Å². The summed E-state index contributed by atoms with van der Waals surface area (Å²) in [7, 11) is -2.37. The average molecular weight is 442 g/mol. The van der Waals surface area contributed by atoms with Crippen LogP contribution in [0.4, 0.5) is 5.69 Å². The van der Waals surface area contributed by atoms with Crippen LogP contribution < -0.4 is 10.1 Å². The van der Waals surface area contributed by atoms with E-state index in [0.717, 1.165) is 5.69 Å². The Morgan fingerprint density at radius 3 is 2.35 bits per heavy atom. The van der Waals surface area contributed by atoms with Crippen molar-refractivity contribution in [3.63, 3.8) is 0 Å². The molecule has 9 heteroatoms. The van der Waals surface area contributed by atoms with Crippen LogP contribution in [0.3, 0.4) is 0 Å². The van der Waals surface area contributed by atoms with Gasteiger partial charge in [-0.3, -0.25) is 4.79 Å². The van der Waals surface area contributed by atoms with Gasteiger partial charge in [0.1, 0.15) is 10.6 Å². The first-order chi connectivity index (χ1) is 15.0. The molecule has 31 heavy (non-hydrogen) atoms. The maximum Gasteiger partial charge on any atom is 0.255 e. The van der Waals surface area contributed by atoms with E-state index in [4.69, 9.17) is 9.47 Å². The molecule has 0 saturated carbocycles. The summed E-state index contributed by atoms with van der Waals surface area (Å²) in [6.07, 6.45) is 3.84. The van der Waals surface area contributed by atoms with Crippen molar-refractivity contribution in [2.75, 3.05) is 38.7 Å². The number of anilines is 1. The van der Waals surface area contributed by atoms with E-state index < -0.39 is 10.0 Å². The number of ether oxygens (including phenoxy) is 2. The molecule has 1 fully saturated rings. The molecule has 1 amide bonds. The number of rotatable bonds is 6. The molecule has 1 saturated heterocycles. The lowest BCUT2D eigenvalue weighted by Crippen LogP contribution is -2.40. The molecule has 162 valence electrons. The van der Waals surface area contributed by atoms with Crippen LogP contribution in [-0.2, 0) is 14.8 Å². The minimum atomic E-state index is -3.78. The second-order valence-electron chi connectivity index (χ2n) is 6.97. The van der Waals surface area contributed by atoms with Crippen LogP contribution in [0.15, 0.2) is 71.9 Å². The SMILES string of the molecule is COc1ccc(NC(=O)c2ccc(-n3cccc3)cc2)cc1S(=O)(=O)N1CCOCC1. The quantitative estimate of drug-likeness (QED) is 0.635. The summed E-state index contributed by atoms with van der Waals surface area (Å²) in [6.45, 7) is 1.24. The van der Waals surface area contributed by atoms with Gasteiger partial charge in [0.05, 0.1) is 20.3 Å². The Hall–Kier alpha value is -3.14. The molecule has 2 aromatic carbocycles. The number of amides is 1. The number of nitrogens with zero attached hydrogens (tertiary/aromatic N) is 2. The summed E-state index contributed by atoms with van der Waals surface area (Å²) in [5.41, 5.74) is 1.77. The highest BCUT2D eigenvalue weighted by molar-refractivity contribution is 7.89. The van der Waals surface area contributed by atoms with Crippen molar-refractivity contribution in [2.24, 2.45) is 0 Å². The zero-order valence-electron chi connectivity index (χ0n) is 17.0. The molecule has 1 aliphatic heterocycles. The van der Waals surface area contributed by atoms with Crippen LogP contribution in [0.2, 0.25) is 0 Å². The highest BCUT2D eigenvalue weighted by Crippen LogP contribution is 2.30. The van der Waals surface area contributed by atoms with Gasteiger partial charge in [0.15, 0.2) is 0 Å². The van der Waals surface area contributed by atoms with E-state index in [2.05, 4.69) is 5.32 Å². The van der Waals surface area contributed by atoms with Gasteiger partial charge in [-0.2, -0.15) is 4.31 Å². The molecule has 2 heterocycles. The van der Waals surface area contributed by atoms with Crippen LogP contribution >= 0.6 is 0 Å². The molecule has 0 bridgehead atoms. The first-order valence-electron chi connectivity index (χ1n) is 9.80. The summed E-state index contributed by atoms with van der Waals surface area (Å²) in [6, 6.07) is 15.6. The van der Waals surface area contributed by atoms with Gasteiger partial charge in [0.2, 0.25) is 10.0 Å². The predicted octanol–water partition coefficient (Wildman–Crippen LogP) is 2.76. The third-order valence-electron chi connectivity index (χ3n) is 5.04. The van der Waals surface area contributed by atoms with Crippen LogP contribution in [-0.4, -0.2) is 56.6 Å². The third kappa shape index (κ3) is 4.48. The van der Waals surface area contributed by atoms with E-state index in [1.807, 2.05) is 41.2 Å². The van der Waals surface area contributed by atoms with Gasteiger partial charge in [-0.25, -0.2) is 8.42 Å². The smallest absolute Gasteiger partial charge is 0.255 e. The molecule has 0 spiro atoms. The molecule has 4 rings (SSSR count). The van der Waals surface area contributed by atoms with Crippen molar-refractivity contribution in [2.45, 2.75) is 4.90 Å². The Morgan fingerprint density at radius 2 is 1.71 bits per heavy atom. The maximum absolute atomic E-state index is 13.1. The number of hydrogen-bond donors (Lipinski definition) is 1. The van der Waals surface area contributed by atoms with E-state index in [1.165, 1.54) is 23.5 Å². The number of nitrogens with one attached hydrogen (secondary N) is 1. The molecule has 8 nitrogen and oxygen atoms in total. The minimum absolute atomic E-state index is 0.0117. The van der Waals surface area contributed by atoms with Gasteiger partial charge in [-0.05, 0) is 54.6 Å². The van der Waals surface area contributed by atoms with Crippen LogP contribution in [0, 0.1) is 0 Å². The van der Waals surface area contributed by atoms with E-state index >= 15 is 0 Å². The Kier molecular flexibility index (Phi) is 6.08. The lowest BCUT2D eigenvalue weighted by atomic mass is 10.2. The predicted molar refractivity (Wildman–Crippen MR) is 116 cm³/mol. The van der Waals surface area contributed by atoms with Gasteiger partial charge in [0.25, 0.3) is 5.91 Å². The number of morpholine rings is 1. The second-order valence-corrected chi connectivity index (χ2v) is 8.88. The number of sulfonamides is 1. The van der Waals surface area contributed by atoms with Crippen molar-refractivity contribution < 1.29 is 22.7 Å². The van der Waals surface area contributed by atoms with Crippen molar-refractivity contribution in [1.82, 2.24) is 8.87 Å². The molecule has 1 N–H and O–H groups in total. The highest BCUT2D eigenvalue weighted by Gasteiger charge is 2.29. The number of aromatic nitrogens is 1. The topological polar surface area (TPSA) is 89.9 Å². The second kappa shape index (κ2) is 8.93. The number of methoxy groups -OCH3 is 1. The van der Waals surface area contributed by atoms with E-state index in [1.54, 1.807) is 18.2 Å². The Morgan fingerprint density at radius 1 is 1.03 bits per heavy atom. The van der Waals surface area contributed by atoms with Gasteiger partial charge >= 0.3 is 0 Å². The Balaban J connectivity index is 1.56. The van der Waals surface area contributed by atoms with Crippen molar-refractivity contribution >= 4 is 21.6 Å². The summed E-state index contributed by atoms with van der Waals surface area (Å²) < 4.78 is 40.0. The van der Waals surface area contributed by atoms with Crippen LogP contribution in [0.1, 0.15) is 10.4 Å². The molecule has 1 aliphatic rings. The molecule has 3 aromatic rings. The van der Waals surface area contributed by atoms with E-state index in [0.29, 0.717) is 24.5 Å². The fourth-order valence-electron chi connectivity index (χ4n) is 3.38. The number of carbonyl (C=O) groups is 1. The van der Waals surface area contributed by atoms with Gasteiger partial charge in [-0.15, -0.1) is 0 Å². The fourth-order valence-corrected chi connectivity index (χ4v) is 4.97. The molecule has 1 aromatic heterocycles. The summed E-state index contributed by atoms with van der Waals surface area (Å²) in [5.74, 6) is -0.112. The van der Waals surface area contributed by atoms with Crippen molar-refractivity contribution in [3.8, 4) is 11.4 Å². The Labute approximate surface area is 181 Å². The first kappa shape index (κ1) is 21.1. The summed E-state index contributed by atoms with van der Waals surface area (Å²) >= 11 is 0. The van der Waals surface area contributed by atoms with E-state index in [9.17, 15) is 13.2 Å². The summed E-state index contributed by atoms with van der Waals surface area (Å²) in [4.78, 5) is 12.7. The normalized spacial score (nSPS) is 14.9. The minimum Gasteiger partial charge on any atom is -0.495 e. The molecular formula is C22H23N3O5S. The Bertz CT molecular complexity index is 1150.